The molecule has 0 bridgehead atoms. The Labute approximate surface area is 119 Å². The molecule has 2 aromatic rings. The molecule has 0 atom stereocenters. The number of imidazole rings is 1. The molecular formula is C15H23N5. The van der Waals surface area contributed by atoms with Crippen LogP contribution >= 0.6 is 0 Å². The van der Waals surface area contributed by atoms with Crippen LogP contribution in [-0.4, -0.2) is 28.0 Å². The summed E-state index contributed by atoms with van der Waals surface area (Å²) >= 11 is 0. The zero-order chi connectivity index (χ0) is 13.8. The van der Waals surface area contributed by atoms with Crippen molar-refractivity contribution < 1.29 is 0 Å². The summed E-state index contributed by atoms with van der Waals surface area (Å²) in [6.45, 7) is 0.980. The molecule has 0 aromatic carbocycles. The average Bonchev–Trinajstić information content (AvgIpc) is 2.96. The van der Waals surface area contributed by atoms with Crippen molar-refractivity contribution in [1.82, 2.24) is 14.4 Å². The summed E-state index contributed by atoms with van der Waals surface area (Å²) in [5.74, 6) is 2.62. The Hall–Kier alpha value is -1.78. The zero-order valence-corrected chi connectivity index (χ0v) is 12.1. The second-order valence-electron chi connectivity index (χ2n) is 5.60. The largest absolute Gasteiger partial charge is 0.372 e. The van der Waals surface area contributed by atoms with Gasteiger partial charge in [0.2, 0.25) is 0 Å². The van der Waals surface area contributed by atoms with Gasteiger partial charge in [0.25, 0.3) is 0 Å². The summed E-state index contributed by atoms with van der Waals surface area (Å²) in [6.07, 6.45) is 14.0. The number of rotatable bonds is 5. The third kappa shape index (κ3) is 2.86. The second kappa shape index (κ2) is 6.11. The molecule has 0 spiro atoms. The molecule has 0 unspecified atom stereocenters. The predicted molar refractivity (Wildman–Crippen MR) is 82.2 cm³/mol. The van der Waals surface area contributed by atoms with Gasteiger partial charge in [0, 0.05) is 26.0 Å². The molecule has 5 heteroatoms. The van der Waals surface area contributed by atoms with E-state index in [2.05, 4.69) is 20.6 Å². The van der Waals surface area contributed by atoms with Crippen LogP contribution in [0.2, 0.25) is 0 Å². The summed E-state index contributed by atoms with van der Waals surface area (Å²) in [5, 5.41) is 6.55. The van der Waals surface area contributed by atoms with Gasteiger partial charge in [-0.2, -0.15) is 0 Å². The predicted octanol–water partition coefficient (Wildman–Crippen LogP) is 3.15. The minimum Gasteiger partial charge on any atom is -0.372 e. The third-order valence-corrected chi connectivity index (χ3v) is 4.20. The number of fused-ring (bicyclic) bond motifs is 1. The summed E-state index contributed by atoms with van der Waals surface area (Å²) in [7, 11) is 1.89. The van der Waals surface area contributed by atoms with Gasteiger partial charge in [0.15, 0.2) is 11.5 Å². The van der Waals surface area contributed by atoms with Crippen molar-refractivity contribution >= 4 is 17.3 Å². The van der Waals surface area contributed by atoms with Gasteiger partial charge in [-0.05, 0) is 12.3 Å². The highest BCUT2D eigenvalue weighted by molar-refractivity contribution is 5.65. The van der Waals surface area contributed by atoms with E-state index in [0.29, 0.717) is 0 Å². The molecule has 2 heterocycles. The summed E-state index contributed by atoms with van der Waals surface area (Å²) in [4.78, 5) is 8.94. The van der Waals surface area contributed by atoms with Gasteiger partial charge >= 0.3 is 0 Å². The van der Waals surface area contributed by atoms with Crippen LogP contribution in [0.3, 0.4) is 0 Å². The fraction of sp³-hybridized carbons (Fsp3) is 0.600. The highest BCUT2D eigenvalue weighted by Crippen LogP contribution is 2.26. The van der Waals surface area contributed by atoms with Gasteiger partial charge in [-0.1, -0.05) is 32.1 Å². The van der Waals surface area contributed by atoms with Crippen molar-refractivity contribution in [3.8, 4) is 0 Å². The van der Waals surface area contributed by atoms with Crippen LogP contribution < -0.4 is 10.6 Å². The van der Waals surface area contributed by atoms with E-state index in [1.54, 1.807) is 0 Å². The zero-order valence-electron chi connectivity index (χ0n) is 12.1. The van der Waals surface area contributed by atoms with Crippen LogP contribution in [0.15, 0.2) is 18.6 Å². The summed E-state index contributed by atoms with van der Waals surface area (Å²) in [5.41, 5.74) is 0.896. The standard InChI is InChI=1S/C15H23N5/c1-16-13-11-20-10-9-18-15(20)14(19-13)17-8-7-12-5-3-2-4-6-12/h9-12,16H,2-8H2,1H3,(H,17,19). The first kappa shape index (κ1) is 13.2. The maximum Gasteiger partial charge on any atom is 0.180 e. The Kier molecular flexibility index (Phi) is 4.04. The average molecular weight is 273 g/mol. The van der Waals surface area contributed by atoms with Crippen LogP contribution in [0, 0.1) is 5.92 Å². The third-order valence-electron chi connectivity index (χ3n) is 4.20. The van der Waals surface area contributed by atoms with E-state index < -0.39 is 0 Å². The number of nitrogens with one attached hydrogen (secondary N) is 2. The first-order valence-electron chi connectivity index (χ1n) is 7.62. The number of nitrogens with zero attached hydrogens (tertiary/aromatic N) is 3. The molecule has 1 fully saturated rings. The molecule has 1 aliphatic rings. The Bertz CT molecular complexity index is 556. The fourth-order valence-electron chi connectivity index (χ4n) is 3.04. The van der Waals surface area contributed by atoms with Crippen LogP contribution in [0.5, 0.6) is 0 Å². The van der Waals surface area contributed by atoms with Crippen LogP contribution in [0.4, 0.5) is 11.6 Å². The molecule has 1 saturated carbocycles. The lowest BCUT2D eigenvalue weighted by Gasteiger charge is -2.21. The quantitative estimate of drug-likeness (QED) is 0.878. The summed E-state index contributed by atoms with van der Waals surface area (Å²) < 4.78 is 2.00. The first-order chi connectivity index (χ1) is 9.86. The van der Waals surface area contributed by atoms with Crippen molar-refractivity contribution in [3.63, 3.8) is 0 Å². The fourth-order valence-corrected chi connectivity index (χ4v) is 3.04. The van der Waals surface area contributed by atoms with E-state index in [0.717, 1.165) is 29.7 Å². The lowest BCUT2D eigenvalue weighted by molar-refractivity contribution is 0.345. The number of hydrogen-bond donors (Lipinski definition) is 2. The monoisotopic (exact) mass is 273 g/mol. The molecule has 3 rings (SSSR count). The lowest BCUT2D eigenvalue weighted by Crippen LogP contribution is -2.13. The Morgan fingerprint density at radius 2 is 2.15 bits per heavy atom. The van der Waals surface area contributed by atoms with E-state index in [4.69, 9.17) is 0 Å². The van der Waals surface area contributed by atoms with Gasteiger partial charge in [0.05, 0.1) is 6.20 Å². The Balaban J connectivity index is 1.65. The smallest absolute Gasteiger partial charge is 0.180 e. The van der Waals surface area contributed by atoms with Crippen LogP contribution in [-0.2, 0) is 0 Å². The van der Waals surface area contributed by atoms with Crippen molar-refractivity contribution in [2.45, 2.75) is 38.5 Å². The maximum absolute atomic E-state index is 4.57. The van der Waals surface area contributed by atoms with Gasteiger partial charge in [-0.3, -0.25) is 0 Å². The van der Waals surface area contributed by atoms with E-state index in [1.165, 1.54) is 38.5 Å². The minimum atomic E-state index is 0.857. The maximum atomic E-state index is 4.57. The van der Waals surface area contributed by atoms with Crippen molar-refractivity contribution in [2.75, 3.05) is 24.2 Å². The van der Waals surface area contributed by atoms with Gasteiger partial charge < -0.3 is 15.0 Å². The Morgan fingerprint density at radius 3 is 2.95 bits per heavy atom. The molecule has 0 amide bonds. The Morgan fingerprint density at radius 1 is 1.30 bits per heavy atom. The van der Waals surface area contributed by atoms with Crippen LogP contribution in [0.1, 0.15) is 38.5 Å². The van der Waals surface area contributed by atoms with E-state index in [1.807, 2.05) is 30.0 Å². The topological polar surface area (TPSA) is 54.2 Å². The van der Waals surface area contributed by atoms with Crippen molar-refractivity contribution in [1.29, 1.82) is 0 Å². The van der Waals surface area contributed by atoms with E-state index >= 15 is 0 Å². The van der Waals surface area contributed by atoms with Crippen molar-refractivity contribution in [3.05, 3.63) is 18.6 Å². The molecular weight excluding hydrogens is 250 g/mol. The highest BCUT2D eigenvalue weighted by atomic mass is 15.1. The molecule has 0 aliphatic heterocycles. The minimum absolute atomic E-state index is 0.857. The number of hydrogen-bond acceptors (Lipinski definition) is 4. The van der Waals surface area contributed by atoms with Gasteiger partial charge in [0.1, 0.15) is 5.82 Å². The van der Waals surface area contributed by atoms with E-state index in [9.17, 15) is 0 Å². The van der Waals surface area contributed by atoms with Gasteiger partial charge in [-0.15, -0.1) is 0 Å². The molecule has 2 N–H and O–H groups in total. The normalized spacial score (nSPS) is 16.4. The van der Waals surface area contributed by atoms with E-state index in [-0.39, 0.29) is 0 Å². The second-order valence-corrected chi connectivity index (χ2v) is 5.60. The van der Waals surface area contributed by atoms with Crippen LogP contribution in [0.25, 0.3) is 5.65 Å². The SMILES string of the molecule is CNc1cn2ccnc2c(NCCC2CCCCC2)n1. The van der Waals surface area contributed by atoms with Gasteiger partial charge in [-0.25, -0.2) is 9.97 Å². The molecule has 20 heavy (non-hydrogen) atoms. The number of anilines is 2. The number of aromatic nitrogens is 3. The lowest BCUT2D eigenvalue weighted by atomic mass is 9.87. The van der Waals surface area contributed by atoms with Crippen molar-refractivity contribution in [2.24, 2.45) is 5.92 Å². The molecule has 108 valence electrons. The molecule has 0 radical (unpaired) electrons. The molecule has 0 saturated heterocycles. The molecule has 2 aromatic heterocycles. The summed E-state index contributed by atoms with van der Waals surface area (Å²) in [6, 6.07) is 0. The highest BCUT2D eigenvalue weighted by Gasteiger charge is 2.13. The first-order valence-corrected chi connectivity index (χ1v) is 7.62. The molecule has 1 aliphatic carbocycles. The molecule has 5 nitrogen and oxygen atoms in total.